The van der Waals surface area contributed by atoms with Gasteiger partial charge >= 0.3 is 5.69 Å². The second-order valence-electron chi connectivity index (χ2n) is 2.56. The largest absolute Gasteiger partial charge is 0.330 e. The lowest BCUT2D eigenvalue weighted by atomic mass is 10.2. The minimum atomic E-state index is -0.402. The van der Waals surface area contributed by atoms with Crippen molar-refractivity contribution < 1.29 is 0 Å². The maximum atomic E-state index is 11.1. The molecule has 0 saturated carbocycles. The van der Waals surface area contributed by atoms with Gasteiger partial charge in [0.25, 0.3) is 5.56 Å². The van der Waals surface area contributed by atoms with Gasteiger partial charge in [0.15, 0.2) is 0 Å². The van der Waals surface area contributed by atoms with Gasteiger partial charge in [-0.3, -0.25) is 9.78 Å². The number of aromatic nitrogens is 2. The average molecular weight is 250 g/mol. The van der Waals surface area contributed by atoms with Crippen LogP contribution in [0.2, 0.25) is 0 Å². The fourth-order valence-corrected chi connectivity index (χ4v) is 0.950. The molecule has 3 N–H and O–H groups in total. The van der Waals surface area contributed by atoms with Crippen molar-refractivity contribution in [2.45, 2.75) is 6.42 Å². The van der Waals surface area contributed by atoms with Crippen molar-refractivity contribution in [2.24, 2.45) is 12.8 Å². The number of aromatic amines is 1. The smallest absolute Gasteiger partial charge is 0.328 e. The minimum Gasteiger partial charge on any atom is -0.330 e. The summed E-state index contributed by atoms with van der Waals surface area (Å²) in [5.74, 6) is 0. The summed E-state index contributed by atoms with van der Waals surface area (Å²) in [6.07, 6.45) is 2.00. The standard InChI is InChI=1S/C7H11N3O2.BrH/c1-10-4-5(2-3-8)6(11)9-7(10)12;/h4H,2-3,8H2,1H3,(H,9,11,12);1H. The third kappa shape index (κ3) is 2.82. The molecule has 0 amide bonds. The molecule has 0 saturated heterocycles. The van der Waals surface area contributed by atoms with Crippen LogP contribution >= 0.6 is 17.0 Å². The first kappa shape index (κ1) is 12.1. The van der Waals surface area contributed by atoms with Crippen LogP contribution in [0.15, 0.2) is 15.8 Å². The number of nitrogens with one attached hydrogen (secondary N) is 1. The summed E-state index contributed by atoms with van der Waals surface area (Å²) in [5.41, 5.74) is 5.07. The van der Waals surface area contributed by atoms with E-state index < -0.39 is 5.69 Å². The second-order valence-corrected chi connectivity index (χ2v) is 2.56. The Hall–Kier alpha value is -0.880. The molecule has 1 heterocycles. The van der Waals surface area contributed by atoms with Crippen LogP contribution in [0.1, 0.15) is 5.56 Å². The fourth-order valence-electron chi connectivity index (χ4n) is 0.950. The van der Waals surface area contributed by atoms with Crippen LogP contribution in [-0.2, 0) is 13.5 Å². The molecule has 0 atom stereocenters. The Morgan fingerprint density at radius 1 is 1.54 bits per heavy atom. The van der Waals surface area contributed by atoms with Gasteiger partial charge in [0.2, 0.25) is 0 Å². The maximum absolute atomic E-state index is 11.1. The van der Waals surface area contributed by atoms with Gasteiger partial charge in [-0.15, -0.1) is 17.0 Å². The van der Waals surface area contributed by atoms with Crippen molar-refractivity contribution in [2.75, 3.05) is 6.54 Å². The summed E-state index contributed by atoms with van der Waals surface area (Å²) in [4.78, 5) is 24.1. The number of H-pyrrole nitrogens is 1. The Kier molecular flexibility index (Phi) is 4.64. The SMILES string of the molecule is Br.Cn1cc(CCN)c(=O)[nH]c1=O. The highest BCUT2D eigenvalue weighted by molar-refractivity contribution is 8.93. The van der Waals surface area contributed by atoms with Crippen LogP contribution in [0.5, 0.6) is 0 Å². The van der Waals surface area contributed by atoms with Gasteiger partial charge in [-0.05, 0) is 13.0 Å². The van der Waals surface area contributed by atoms with E-state index in [-0.39, 0.29) is 22.5 Å². The lowest BCUT2D eigenvalue weighted by Gasteiger charge is -1.99. The molecule has 0 unspecified atom stereocenters. The molecule has 0 aliphatic rings. The summed E-state index contributed by atoms with van der Waals surface area (Å²) in [6.45, 7) is 0.404. The normalized spacial score (nSPS) is 9.38. The van der Waals surface area contributed by atoms with Gasteiger partial charge < -0.3 is 10.3 Å². The molecule has 1 aromatic rings. The predicted molar refractivity (Wildman–Crippen MR) is 55.4 cm³/mol. The maximum Gasteiger partial charge on any atom is 0.328 e. The molecule has 0 fully saturated rings. The van der Waals surface area contributed by atoms with E-state index in [9.17, 15) is 9.59 Å². The zero-order valence-electron chi connectivity index (χ0n) is 7.24. The van der Waals surface area contributed by atoms with E-state index >= 15 is 0 Å². The molecule has 0 aliphatic heterocycles. The Morgan fingerprint density at radius 3 is 2.69 bits per heavy atom. The number of rotatable bonds is 2. The Balaban J connectivity index is 0.00000144. The monoisotopic (exact) mass is 249 g/mol. The molecule has 0 bridgehead atoms. The average Bonchev–Trinajstić information content (AvgIpc) is 2.01. The molecule has 1 aromatic heterocycles. The van der Waals surface area contributed by atoms with E-state index in [1.54, 1.807) is 7.05 Å². The van der Waals surface area contributed by atoms with E-state index in [4.69, 9.17) is 5.73 Å². The van der Waals surface area contributed by atoms with Crippen molar-refractivity contribution in [1.29, 1.82) is 0 Å². The van der Waals surface area contributed by atoms with E-state index in [0.29, 0.717) is 18.5 Å². The fraction of sp³-hybridized carbons (Fsp3) is 0.429. The highest BCUT2D eigenvalue weighted by Crippen LogP contribution is 1.85. The van der Waals surface area contributed by atoms with E-state index in [0.717, 1.165) is 0 Å². The van der Waals surface area contributed by atoms with Crippen LogP contribution in [0.4, 0.5) is 0 Å². The first-order chi connectivity index (χ1) is 5.65. The van der Waals surface area contributed by atoms with Gasteiger partial charge in [0, 0.05) is 18.8 Å². The van der Waals surface area contributed by atoms with Gasteiger partial charge in [-0.1, -0.05) is 0 Å². The molecule has 74 valence electrons. The number of halogens is 1. The van der Waals surface area contributed by atoms with Crippen molar-refractivity contribution in [3.63, 3.8) is 0 Å². The van der Waals surface area contributed by atoms with Crippen LogP contribution in [0.25, 0.3) is 0 Å². The molecule has 0 spiro atoms. The minimum absolute atomic E-state index is 0. The summed E-state index contributed by atoms with van der Waals surface area (Å²) in [5, 5.41) is 0. The summed E-state index contributed by atoms with van der Waals surface area (Å²) in [7, 11) is 1.58. The zero-order valence-corrected chi connectivity index (χ0v) is 8.95. The Bertz CT molecular complexity index is 382. The molecule has 6 heteroatoms. The lowest BCUT2D eigenvalue weighted by molar-refractivity contribution is 0.770. The first-order valence-corrected chi connectivity index (χ1v) is 3.64. The number of nitrogens with zero attached hydrogens (tertiary/aromatic N) is 1. The van der Waals surface area contributed by atoms with Crippen LogP contribution in [0, 0.1) is 0 Å². The van der Waals surface area contributed by atoms with Gasteiger partial charge in [0.05, 0.1) is 0 Å². The molecular formula is C7H12BrN3O2. The second kappa shape index (κ2) is 4.98. The summed E-state index contributed by atoms with van der Waals surface area (Å²) >= 11 is 0. The summed E-state index contributed by atoms with van der Waals surface area (Å²) < 4.78 is 1.33. The number of aryl methyl sites for hydroxylation is 1. The van der Waals surface area contributed by atoms with Crippen molar-refractivity contribution in [3.05, 3.63) is 32.6 Å². The Labute approximate surface area is 85.4 Å². The number of hydrogen-bond acceptors (Lipinski definition) is 3. The zero-order chi connectivity index (χ0) is 9.14. The van der Waals surface area contributed by atoms with Crippen LogP contribution in [0.3, 0.4) is 0 Å². The lowest BCUT2D eigenvalue weighted by Crippen LogP contribution is -2.30. The van der Waals surface area contributed by atoms with Gasteiger partial charge in [-0.25, -0.2) is 4.79 Å². The third-order valence-corrected chi connectivity index (χ3v) is 1.60. The van der Waals surface area contributed by atoms with E-state index in [2.05, 4.69) is 4.98 Å². The molecule has 0 aromatic carbocycles. The van der Waals surface area contributed by atoms with Gasteiger partial charge in [0.1, 0.15) is 0 Å². The van der Waals surface area contributed by atoms with Crippen LogP contribution in [-0.4, -0.2) is 16.1 Å². The Morgan fingerprint density at radius 2 is 2.15 bits per heavy atom. The van der Waals surface area contributed by atoms with Crippen molar-refractivity contribution in [1.82, 2.24) is 9.55 Å². The molecule has 1 rings (SSSR count). The number of hydrogen-bond donors (Lipinski definition) is 2. The highest BCUT2D eigenvalue weighted by atomic mass is 79.9. The molecule has 0 radical (unpaired) electrons. The van der Waals surface area contributed by atoms with E-state index in [1.165, 1.54) is 10.8 Å². The summed E-state index contributed by atoms with van der Waals surface area (Å²) in [6, 6.07) is 0. The molecule has 13 heavy (non-hydrogen) atoms. The van der Waals surface area contributed by atoms with Crippen molar-refractivity contribution in [3.8, 4) is 0 Å². The highest BCUT2D eigenvalue weighted by Gasteiger charge is 1.99. The van der Waals surface area contributed by atoms with Crippen molar-refractivity contribution >= 4 is 17.0 Å². The topological polar surface area (TPSA) is 80.9 Å². The molecule has 0 aliphatic carbocycles. The van der Waals surface area contributed by atoms with Gasteiger partial charge in [-0.2, -0.15) is 0 Å². The predicted octanol–water partition coefficient (Wildman–Crippen LogP) is -0.847. The first-order valence-electron chi connectivity index (χ1n) is 3.64. The third-order valence-electron chi connectivity index (χ3n) is 1.60. The molecule has 5 nitrogen and oxygen atoms in total. The number of nitrogens with two attached hydrogens (primary N) is 1. The quantitative estimate of drug-likeness (QED) is 0.717. The van der Waals surface area contributed by atoms with E-state index in [1.807, 2.05) is 0 Å². The van der Waals surface area contributed by atoms with Crippen LogP contribution < -0.4 is 17.0 Å². The molecular weight excluding hydrogens is 238 g/mol.